The lowest BCUT2D eigenvalue weighted by Crippen LogP contribution is -2.21. The Labute approximate surface area is 110 Å². The van der Waals surface area contributed by atoms with Crippen LogP contribution < -0.4 is 0 Å². The zero-order valence-electron chi connectivity index (χ0n) is 10.3. The number of ether oxygens (including phenoxy) is 1. The first kappa shape index (κ1) is 12.3. The van der Waals surface area contributed by atoms with Crippen molar-refractivity contribution in [3.8, 4) is 0 Å². The molecule has 2 bridgehead atoms. The van der Waals surface area contributed by atoms with Crippen LogP contribution in [0.3, 0.4) is 0 Å². The highest BCUT2D eigenvalue weighted by Gasteiger charge is 2.40. The van der Waals surface area contributed by atoms with Crippen molar-refractivity contribution in [2.45, 2.75) is 19.4 Å². The van der Waals surface area contributed by atoms with Crippen LogP contribution in [0.15, 0.2) is 30.4 Å². The molecule has 2 aliphatic rings. The molecule has 1 aromatic rings. The maximum atomic E-state index is 13.0. The molecule has 0 saturated heterocycles. The molecule has 0 spiro atoms. The van der Waals surface area contributed by atoms with E-state index in [0.29, 0.717) is 11.5 Å². The molecule has 100 valence electrons. The number of hydrogen-bond acceptors (Lipinski definition) is 2. The van der Waals surface area contributed by atoms with Crippen molar-refractivity contribution in [1.82, 2.24) is 0 Å². The van der Waals surface area contributed by atoms with Gasteiger partial charge in [-0.25, -0.2) is 8.78 Å². The van der Waals surface area contributed by atoms with Gasteiger partial charge in [-0.3, -0.25) is 4.79 Å². The molecule has 2 aliphatic carbocycles. The highest BCUT2D eigenvalue weighted by molar-refractivity contribution is 5.74. The molecule has 0 aromatic heterocycles. The Morgan fingerprint density at radius 3 is 2.47 bits per heavy atom. The second-order valence-electron chi connectivity index (χ2n) is 5.27. The van der Waals surface area contributed by atoms with E-state index in [9.17, 15) is 13.6 Å². The Kier molecular flexibility index (Phi) is 3.09. The largest absolute Gasteiger partial charge is 0.461 e. The van der Waals surface area contributed by atoms with E-state index in [1.54, 1.807) is 0 Å². The number of carbonyl (C=O) groups excluding carboxylic acids is 1. The summed E-state index contributed by atoms with van der Waals surface area (Å²) < 4.78 is 31.1. The second kappa shape index (κ2) is 4.76. The summed E-state index contributed by atoms with van der Waals surface area (Å²) in [7, 11) is 0. The third kappa shape index (κ3) is 2.53. The number of esters is 1. The van der Waals surface area contributed by atoms with Gasteiger partial charge < -0.3 is 4.74 Å². The minimum atomic E-state index is -0.658. The van der Waals surface area contributed by atoms with E-state index < -0.39 is 11.6 Å². The predicted octanol–water partition coefficient (Wildman–Crippen LogP) is 3.22. The van der Waals surface area contributed by atoms with E-state index in [-0.39, 0.29) is 24.4 Å². The number of halogens is 2. The molecule has 0 radical (unpaired) electrons. The molecule has 0 N–H and O–H groups in total. The van der Waals surface area contributed by atoms with Gasteiger partial charge in [-0.2, -0.15) is 0 Å². The van der Waals surface area contributed by atoms with E-state index in [0.717, 1.165) is 18.9 Å². The van der Waals surface area contributed by atoms with Gasteiger partial charge in [-0.05, 0) is 42.4 Å². The standard InChI is InChI=1S/C15H14F2O2/c16-12-4-10(5-13(17)7-12)8-19-15(18)14-6-9-1-2-11(14)3-9/h1-2,4-5,7,9,11,14H,3,6,8H2. The molecule has 4 heteroatoms. The van der Waals surface area contributed by atoms with Gasteiger partial charge in [0.15, 0.2) is 0 Å². The molecule has 2 nitrogen and oxygen atoms in total. The van der Waals surface area contributed by atoms with Crippen LogP contribution >= 0.6 is 0 Å². The Morgan fingerprint density at radius 2 is 1.89 bits per heavy atom. The maximum Gasteiger partial charge on any atom is 0.309 e. The minimum Gasteiger partial charge on any atom is -0.461 e. The van der Waals surface area contributed by atoms with Crippen molar-refractivity contribution >= 4 is 5.97 Å². The number of rotatable bonds is 3. The minimum absolute atomic E-state index is 0.0783. The summed E-state index contributed by atoms with van der Waals surface area (Å²) in [4.78, 5) is 11.9. The van der Waals surface area contributed by atoms with Gasteiger partial charge in [-0.1, -0.05) is 12.2 Å². The molecule has 1 aromatic carbocycles. The Balaban J connectivity index is 1.60. The molecule has 1 saturated carbocycles. The molecule has 3 unspecified atom stereocenters. The van der Waals surface area contributed by atoms with Crippen molar-refractivity contribution in [2.24, 2.45) is 17.8 Å². The molecule has 3 atom stereocenters. The number of allylic oxidation sites excluding steroid dienone is 2. The van der Waals surface area contributed by atoms with Crippen molar-refractivity contribution in [3.05, 3.63) is 47.5 Å². The summed E-state index contributed by atoms with van der Waals surface area (Å²) >= 11 is 0. The SMILES string of the molecule is O=C(OCc1cc(F)cc(F)c1)C1CC2C=CC1C2. The second-order valence-corrected chi connectivity index (χ2v) is 5.27. The van der Waals surface area contributed by atoms with Crippen LogP contribution in [0.25, 0.3) is 0 Å². The van der Waals surface area contributed by atoms with Gasteiger partial charge >= 0.3 is 5.97 Å². The molecule has 0 aliphatic heterocycles. The average molecular weight is 264 g/mol. The molecular weight excluding hydrogens is 250 g/mol. The van der Waals surface area contributed by atoms with Crippen molar-refractivity contribution in [2.75, 3.05) is 0 Å². The fraction of sp³-hybridized carbons (Fsp3) is 0.400. The normalized spacial score (nSPS) is 27.8. The average Bonchev–Trinajstić information content (AvgIpc) is 2.97. The third-order valence-corrected chi connectivity index (χ3v) is 3.89. The first-order valence-electron chi connectivity index (χ1n) is 6.42. The quantitative estimate of drug-likeness (QED) is 0.619. The molecule has 19 heavy (non-hydrogen) atoms. The van der Waals surface area contributed by atoms with Gasteiger partial charge in [0.05, 0.1) is 5.92 Å². The van der Waals surface area contributed by atoms with Crippen LogP contribution in [0, 0.1) is 29.4 Å². The lowest BCUT2D eigenvalue weighted by Gasteiger charge is -2.16. The van der Waals surface area contributed by atoms with Gasteiger partial charge in [0, 0.05) is 6.07 Å². The van der Waals surface area contributed by atoms with Crippen LogP contribution in [0.5, 0.6) is 0 Å². The summed E-state index contributed by atoms with van der Waals surface area (Å²) in [6, 6.07) is 3.15. The lowest BCUT2D eigenvalue weighted by atomic mass is 9.94. The Bertz CT molecular complexity index is 519. The topological polar surface area (TPSA) is 26.3 Å². The summed E-state index contributed by atoms with van der Waals surface area (Å²) in [5, 5.41) is 0. The third-order valence-electron chi connectivity index (χ3n) is 3.89. The Morgan fingerprint density at radius 1 is 1.16 bits per heavy atom. The van der Waals surface area contributed by atoms with Gasteiger partial charge in [0.25, 0.3) is 0 Å². The molecule has 0 amide bonds. The zero-order valence-corrected chi connectivity index (χ0v) is 10.3. The number of benzene rings is 1. The zero-order chi connectivity index (χ0) is 13.4. The van der Waals surface area contributed by atoms with Gasteiger partial charge in [-0.15, -0.1) is 0 Å². The van der Waals surface area contributed by atoms with E-state index >= 15 is 0 Å². The van der Waals surface area contributed by atoms with Crippen LogP contribution in [0.4, 0.5) is 8.78 Å². The predicted molar refractivity (Wildman–Crippen MR) is 65.0 cm³/mol. The van der Waals surface area contributed by atoms with E-state index in [2.05, 4.69) is 12.2 Å². The molecule has 1 fully saturated rings. The van der Waals surface area contributed by atoms with Crippen LogP contribution in [-0.4, -0.2) is 5.97 Å². The number of hydrogen-bond donors (Lipinski definition) is 0. The summed E-state index contributed by atoms with van der Waals surface area (Å²) in [6.45, 7) is -0.0783. The monoisotopic (exact) mass is 264 g/mol. The highest BCUT2D eigenvalue weighted by atomic mass is 19.1. The smallest absolute Gasteiger partial charge is 0.309 e. The molecular formula is C15H14F2O2. The summed E-state index contributed by atoms with van der Waals surface area (Å²) in [5.74, 6) is -0.895. The Hall–Kier alpha value is -1.71. The number of fused-ring (bicyclic) bond motifs is 2. The molecule has 3 rings (SSSR count). The lowest BCUT2D eigenvalue weighted by molar-refractivity contribution is -0.150. The molecule has 0 heterocycles. The summed E-state index contributed by atoms with van der Waals surface area (Å²) in [6.07, 6.45) is 6.07. The van der Waals surface area contributed by atoms with Crippen LogP contribution in [0.2, 0.25) is 0 Å². The van der Waals surface area contributed by atoms with E-state index in [1.165, 1.54) is 12.1 Å². The van der Waals surface area contributed by atoms with Crippen LogP contribution in [-0.2, 0) is 16.1 Å². The van der Waals surface area contributed by atoms with E-state index in [1.807, 2.05) is 0 Å². The van der Waals surface area contributed by atoms with Gasteiger partial charge in [0.2, 0.25) is 0 Å². The first-order chi connectivity index (χ1) is 9.11. The summed E-state index contributed by atoms with van der Waals surface area (Å²) in [5.41, 5.74) is 0.338. The fourth-order valence-electron chi connectivity index (χ4n) is 3.01. The van der Waals surface area contributed by atoms with Crippen molar-refractivity contribution in [3.63, 3.8) is 0 Å². The highest BCUT2D eigenvalue weighted by Crippen LogP contribution is 2.43. The van der Waals surface area contributed by atoms with Crippen LogP contribution in [0.1, 0.15) is 18.4 Å². The number of carbonyl (C=O) groups is 1. The maximum absolute atomic E-state index is 13.0. The van der Waals surface area contributed by atoms with Crippen molar-refractivity contribution < 1.29 is 18.3 Å². The van der Waals surface area contributed by atoms with Crippen molar-refractivity contribution in [1.29, 1.82) is 0 Å². The van der Waals surface area contributed by atoms with Gasteiger partial charge in [0.1, 0.15) is 18.2 Å². The van der Waals surface area contributed by atoms with E-state index in [4.69, 9.17) is 4.74 Å². The first-order valence-corrected chi connectivity index (χ1v) is 6.42. The fourth-order valence-corrected chi connectivity index (χ4v) is 3.01.